The second-order valence-corrected chi connectivity index (χ2v) is 7.61. The fraction of sp³-hybridized carbons (Fsp3) is 0.391. The number of benzene rings is 1. The average molecular weight is 443 g/mol. The zero-order chi connectivity index (χ0) is 23.1. The van der Waals surface area contributed by atoms with Gasteiger partial charge < -0.3 is 19.7 Å². The van der Waals surface area contributed by atoms with Crippen LogP contribution in [0.4, 0.5) is 10.2 Å². The summed E-state index contributed by atoms with van der Waals surface area (Å²) in [5.41, 5.74) is 1.13. The van der Waals surface area contributed by atoms with E-state index in [1.54, 1.807) is 17.2 Å². The van der Waals surface area contributed by atoms with Gasteiger partial charge in [0.05, 0.1) is 18.7 Å². The van der Waals surface area contributed by atoms with Crippen LogP contribution in [0.25, 0.3) is 0 Å². The molecule has 1 atom stereocenters. The van der Waals surface area contributed by atoms with Crippen LogP contribution in [0.5, 0.6) is 5.75 Å². The van der Waals surface area contributed by atoms with Crippen LogP contribution in [0.15, 0.2) is 36.5 Å². The SMILES string of the molecule is CC(=O)c1cc(F)ccc1OCC1CN(C(=O)CCC(=O)Nc2cc(C)ccn2)CCO1. The third-order valence-electron chi connectivity index (χ3n) is 4.99. The molecule has 0 radical (unpaired) electrons. The highest BCUT2D eigenvalue weighted by atomic mass is 19.1. The molecule has 9 heteroatoms. The molecule has 2 amide bonds. The van der Waals surface area contributed by atoms with E-state index in [9.17, 15) is 18.8 Å². The zero-order valence-electron chi connectivity index (χ0n) is 18.1. The molecule has 1 fully saturated rings. The van der Waals surface area contributed by atoms with Gasteiger partial charge in [0.2, 0.25) is 11.8 Å². The molecule has 32 heavy (non-hydrogen) atoms. The minimum atomic E-state index is -0.518. The fourth-order valence-electron chi connectivity index (χ4n) is 3.32. The van der Waals surface area contributed by atoms with E-state index >= 15 is 0 Å². The summed E-state index contributed by atoms with van der Waals surface area (Å²) >= 11 is 0. The van der Waals surface area contributed by atoms with Gasteiger partial charge in [-0.2, -0.15) is 0 Å². The molecule has 1 unspecified atom stereocenters. The fourth-order valence-corrected chi connectivity index (χ4v) is 3.32. The van der Waals surface area contributed by atoms with Crippen molar-refractivity contribution >= 4 is 23.4 Å². The summed E-state index contributed by atoms with van der Waals surface area (Å²) in [6, 6.07) is 7.34. The van der Waals surface area contributed by atoms with Crippen molar-refractivity contribution in [3.63, 3.8) is 0 Å². The van der Waals surface area contributed by atoms with Gasteiger partial charge in [-0.25, -0.2) is 9.37 Å². The Bertz CT molecular complexity index is 997. The maximum Gasteiger partial charge on any atom is 0.226 e. The highest BCUT2D eigenvalue weighted by molar-refractivity contribution is 5.96. The summed E-state index contributed by atoms with van der Waals surface area (Å²) in [4.78, 5) is 42.1. The number of carbonyl (C=O) groups excluding carboxylic acids is 3. The van der Waals surface area contributed by atoms with Gasteiger partial charge in [-0.3, -0.25) is 14.4 Å². The van der Waals surface area contributed by atoms with Crippen LogP contribution in [-0.2, 0) is 14.3 Å². The molecule has 0 spiro atoms. The van der Waals surface area contributed by atoms with Crippen LogP contribution >= 0.6 is 0 Å². The number of aromatic nitrogens is 1. The molecule has 1 aromatic carbocycles. The molecule has 8 nitrogen and oxygen atoms in total. The number of nitrogens with one attached hydrogen (secondary N) is 1. The van der Waals surface area contributed by atoms with Crippen LogP contribution in [0.2, 0.25) is 0 Å². The van der Waals surface area contributed by atoms with E-state index in [1.807, 2.05) is 13.0 Å². The highest BCUT2D eigenvalue weighted by Crippen LogP contribution is 2.21. The third-order valence-corrected chi connectivity index (χ3v) is 4.99. The minimum absolute atomic E-state index is 0.0462. The number of carbonyl (C=O) groups is 3. The molecule has 2 aromatic rings. The van der Waals surface area contributed by atoms with Crippen molar-refractivity contribution in [1.29, 1.82) is 0 Å². The molecular formula is C23H26FN3O5. The maximum atomic E-state index is 13.4. The first-order valence-corrected chi connectivity index (χ1v) is 10.4. The maximum absolute atomic E-state index is 13.4. The first-order valence-electron chi connectivity index (χ1n) is 10.4. The Balaban J connectivity index is 1.47. The first-order chi connectivity index (χ1) is 15.3. The van der Waals surface area contributed by atoms with Crippen molar-refractivity contribution in [2.45, 2.75) is 32.8 Å². The second kappa shape index (κ2) is 10.8. The summed E-state index contributed by atoms with van der Waals surface area (Å²) in [5, 5.41) is 2.69. The quantitative estimate of drug-likeness (QED) is 0.630. The largest absolute Gasteiger partial charge is 0.490 e. The Hall–Kier alpha value is -3.33. The predicted octanol–water partition coefficient (Wildman–Crippen LogP) is 2.76. The number of pyridine rings is 1. The van der Waals surface area contributed by atoms with Gasteiger partial charge >= 0.3 is 0 Å². The van der Waals surface area contributed by atoms with E-state index in [0.717, 1.165) is 11.6 Å². The molecule has 1 aliphatic heterocycles. The number of amides is 2. The molecule has 1 N–H and O–H groups in total. The Kier molecular flexibility index (Phi) is 7.88. The molecule has 1 aliphatic rings. The van der Waals surface area contributed by atoms with Crippen molar-refractivity contribution in [2.24, 2.45) is 0 Å². The number of nitrogens with zero attached hydrogens (tertiary/aromatic N) is 2. The van der Waals surface area contributed by atoms with Crippen LogP contribution < -0.4 is 10.1 Å². The van der Waals surface area contributed by atoms with Gasteiger partial charge in [-0.1, -0.05) is 0 Å². The van der Waals surface area contributed by atoms with Gasteiger partial charge in [-0.05, 0) is 49.7 Å². The number of ether oxygens (including phenoxy) is 2. The summed E-state index contributed by atoms with van der Waals surface area (Å²) in [6.45, 7) is 4.40. The topological polar surface area (TPSA) is 97.8 Å². The van der Waals surface area contributed by atoms with Gasteiger partial charge in [0.15, 0.2) is 5.78 Å². The highest BCUT2D eigenvalue weighted by Gasteiger charge is 2.25. The molecule has 0 saturated carbocycles. The lowest BCUT2D eigenvalue weighted by atomic mass is 10.1. The number of hydrogen-bond acceptors (Lipinski definition) is 6. The molecule has 0 bridgehead atoms. The van der Waals surface area contributed by atoms with Crippen molar-refractivity contribution in [3.05, 3.63) is 53.5 Å². The Morgan fingerprint density at radius 1 is 1.25 bits per heavy atom. The normalized spacial score (nSPS) is 15.8. The number of morpholine rings is 1. The van der Waals surface area contributed by atoms with Gasteiger partial charge in [-0.15, -0.1) is 0 Å². The first kappa shape index (κ1) is 23.3. The van der Waals surface area contributed by atoms with Gasteiger partial charge in [0, 0.05) is 25.6 Å². The average Bonchev–Trinajstić information content (AvgIpc) is 2.76. The number of aryl methyl sites for hydroxylation is 1. The summed E-state index contributed by atoms with van der Waals surface area (Å²) < 4.78 is 24.7. The lowest BCUT2D eigenvalue weighted by Gasteiger charge is -2.33. The number of halogens is 1. The standard InChI is InChI=1S/C23H26FN3O5/c1-15-7-8-25-21(11-15)26-22(29)5-6-23(30)27-9-10-31-18(13-27)14-32-20-4-3-17(24)12-19(20)16(2)28/h3-4,7-8,11-12,18H,5-6,9-10,13-14H2,1-2H3,(H,25,26,29). The molecule has 1 saturated heterocycles. The van der Waals surface area contributed by atoms with Gasteiger partial charge in [0.1, 0.15) is 30.1 Å². The molecule has 2 heterocycles. The van der Waals surface area contributed by atoms with E-state index in [0.29, 0.717) is 25.5 Å². The van der Waals surface area contributed by atoms with Crippen molar-refractivity contribution in [1.82, 2.24) is 9.88 Å². The van der Waals surface area contributed by atoms with Crippen LogP contribution in [0, 0.1) is 12.7 Å². The van der Waals surface area contributed by atoms with E-state index in [2.05, 4.69) is 10.3 Å². The van der Waals surface area contributed by atoms with E-state index < -0.39 is 11.9 Å². The molecule has 3 rings (SSSR count). The van der Waals surface area contributed by atoms with Crippen LogP contribution in [-0.4, -0.2) is 59.9 Å². The van der Waals surface area contributed by atoms with Gasteiger partial charge in [0.25, 0.3) is 0 Å². The van der Waals surface area contributed by atoms with Crippen LogP contribution in [0.3, 0.4) is 0 Å². The molecule has 0 aliphatic carbocycles. The smallest absolute Gasteiger partial charge is 0.226 e. The number of ketones is 1. The number of hydrogen-bond donors (Lipinski definition) is 1. The lowest BCUT2D eigenvalue weighted by molar-refractivity contribution is -0.140. The summed E-state index contributed by atoms with van der Waals surface area (Å²) in [7, 11) is 0. The summed E-state index contributed by atoms with van der Waals surface area (Å²) in [5.74, 6) is -0.533. The third kappa shape index (κ3) is 6.58. The summed E-state index contributed by atoms with van der Waals surface area (Å²) in [6.07, 6.45) is 1.32. The van der Waals surface area contributed by atoms with Crippen LogP contribution in [0.1, 0.15) is 35.7 Å². The zero-order valence-corrected chi connectivity index (χ0v) is 18.1. The van der Waals surface area contributed by atoms with E-state index in [4.69, 9.17) is 9.47 Å². The van der Waals surface area contributed by atoms with E-state index in [-0.39, 0.29) is 48.4 Å². The molecule has 170 valence electrons. The molecule has 1 aromatic heterocycles. The molecular weight excluding hydrogens is 417 g/mol. The minimum Gasteiger partial charge on any atom is -0.490 e. The number of Topliss-reactive ketones (excluding diaryl/α,β-unsaturated/α-hetero) is 1. The van der Waals surface area contributed by atoms with Crippen molar-refractivity contribution < 1.29 is 28.2 Å². The second-order valence-electron chi connectivity index (χ2n) is 7.61. The Morgan fingerprint density at radius 2 is 2.06 bits per heavy atom. The Morgan fingerprint density at radius 3 is 2.81 bits per heavy atom. The predicted molar refractivity (Wildman–Crippen MR) is 115 cm³/mol. The van der Waals surface area contributed by atoms with Crippen molar-refractivity contribution in [3.8, 4) is 5.75 Å². The van der Waals surface area contributed by atoms with Crippen molar-refractivity contribution in [2.75, 3.05) is 31.6 Å². The Labute approximate surface area is 185 Å². The van der Waals surface area contributed by atoms with E-state index in [1.165, 1.54) is 19.1 Å². The number of rotatable bonds is 8. The monoisotopic (exact) mass is 443 g/mol. The number of anilines is 1. The lowest BCUT2D eigenvalue weighted by Crippen LogP contribution is -2.47.